The molecule has 2 atom stereocenters. The van der Waals surface area contributed by atoms with E-state index in [-0.39, 0.29) is 6.10 Å². The first-order chi connectivity index (χ1) is 4.52. The highest BCUT2D eigenvalue weighted by atomic mass is 19.1. The monoisotopic (exact) mass is 148 g/mol. The lowest BCUT2D eigenvalue weighted by Gasteiger charge is -2.21. The predicted octanol–water partition coefficient (Wildman–Crippen LogP) is 2.55. The van der Waals surface area contributed by atoms with E-state index in [2.05, 4.69) is 0 Å². The average Bonchev–Trinajstić information content (AvgIpc) is 1.87. The van der Waals surface area contributed by atoms with Gasteiger partial charge in [-0.05, 0) is 20.3 Å². The molecule has 2 unspecified atom stereocenters. The van der Waals surface area contributed by atoms with Crippen molar-refractivity contribution < 1.29 is 9.13 Å². The van der Waals surface area contributed by atoms with Crippen LogP contribution in [0.2, 0.25) is 0 Å². The Balaban J connectivity index is 3.64. The number of halogens is 1. The number of hydrogen-bond donors (Lipinski definition) is 0. The van der Waals surface area contributed by atoms with Gasteiger partial charge < -0.3 is 4.74 Å². The summed E-state index contributed by atoms with van der Waals surface area (Å²) < 4.78 is 18.1. The highest BCUT2D eigenvalue weighted by Crippen LogP contribution is 2.22. The van der Waals surface area contributed by atoms with Gasteiger partial charge >= 0.3 is 0 Å². The van der Waals surface area contributed by atoms with E-state index in [1.807, 2.05) is 13.8 Å². The maximum atomic E-state index is 13.2. The van der Waals surface area contributed by atoms with Crippen LogP contribution >= 0.6 is 0 Å². The van der Waals surface area contributed by atoms with Crippen molar-refractivity contribution in [2.75, 3.05) is 7.11 Å². The molecule has 0 aromatic heterocycles. The topological polar surface area (TPSA) is 9.23 Å². The average molecular weight is 148 g/mol. The van der Waals surface area contributed by atoms with E-state index in [1.165, 1.54) is 0 Å². The van der Waals surface area contributed by atoms with Gasteiger partial charge in [-0.1, -0.05) is 6.92 Å². The molecule has 0 aromatic rings. The van der Waals surface area contributed by atoms with Crippen LogP contribution in [0.25, 0.3) is 0 Å². The first kappa shape index (κ1) is 9.89. The van der Waals surface area contributed by atoms with Gasteiger partial charge in [-0.25, -0.2) is 4.39 Å². The van der Waals surface area contributed by atoms with Crippen LogP contribution in [0.5, 0.6) is 0 Å². The maximum absolute atomic E-state index is 13.2. The third-order valence-corrected chi connectivity index (χ3v) is 1.85. The van der Waals surface area contributed by atoms with Gasteiger partial charge in [0.25, 0.3) is 0 Å². The summed E-state index contributed by atoms with van der Waals surface area (Å²) in [7, 11) is 1.61. The molecule has 0 aliphatic rings. The lowest BCUT2D eigenvalue weighted by Crippen LogP contribution is -2.23. The largest absolute Gasteiger partial charge is 0.382 e. The molecule has 0 saturated heterocycles. The second kappa shape index (κ2) is 3.91. The van der Waals surface area contributed by atoms with E-state index in [9.17, 15) is 4.39 Å². The molecule has 1 nitrogen and oxygen atoms in total. The normalized spacial score (nSPS) is 20.1. The molecule has 2 heteroatoms. The van der Waals surface area contributed by atoms with E-state index in [4.69, 9.17) is 4.74 Å². The Morgan fingerprint density at radius 2 is 2.10 bits per heavy atom. The van der Waals surface area contributed by atoms with Crippen molar-refractivity contribution >= 4 is 0 Å². The van der Waals surface area contributed by atoms with Gasteiger partial charge in [0.15, 0.2) is 0 Å². The summed E-state index contributed by atoms with van der Waals surface area (Å²) >= 11 is 0. The Labute approximate surface area is 62.6 Å². The van der Waals surface area contributed by atoms with Gasteiger partial charge in [-0.3, -0.25) is 0 Å². The first-order valence-electron chi connectivity index (χ1n) is 3.73. The van der Waals surface area contributed by atoms with Gasteiger partial charge in [-0.2, -0.15) is 0 Å². The van der Waals surface area contributed by atoms with E-state index >= 15 is 0 Å². The molecule has 0 rings (SSSR count). The third-order valence-electron chi connectivity index (χ3n) is 1.85. The highest BCUT2D eigenvalue weighted by Gasteiger charge is 2.22. The summed E-state index contributed by atoms with van der Waals surface area (Å²) in [5, 5.41) is 0. The lowest BCUT2D eigenvalue weighted by atomic mass is 9.98. The minimum absolute atomic E-state index is 0.0231. The molecule has 62 valence electrons. The number of rotatable bonds is 4. The summed E-state index contributed by atoms with van der Waals surface area (Å²) in [6.45, 7) is 5.35. The number of methoxy groups -OCH3 is 1. The molecule has 0 bridgehead atoms. The van der Waals surface area contributed by atoms with Crippen LogP contribution in [-0.4, -0.2) is 18.9 Å². The van der Waals surface area contributed by atoms with Gasteiger partial charge in [0.1, 0.15) is 5.67 Å². The first-order valence-corrected chi connectivity index (χ1v) is 3.73. The Hall–Kier alpha value is -0.110. The van der Waals surface area contributed by atoms with Gasteiger partial charge in [0.2, 0.25) is 0 Å². The van der Waals surface area contributed by atoms with Crippen LogP contribution in [0.15, 0.2) is 0 Å². The second-order valence-electron chi connectivity index (χ2n) is 3.02. The number of alkyl halides is 1. The molecule has 0 aliphatic carbocycles. The molecular formula is C8H17FO. The summed E-state index contributed by atoms with van der Waals surface area (Å²) in [5.41, 5.74) is -1.06. The van der Waals surface area contributed by atoms with Crippen molar-refractivity contribution in [3.8, 4) is 0 Å². The molecule has 10 heavy (non-hydrogen) atoms. The van der Waals surface area contributed by atoms with Crippen molar-refractivity contribution in [3.05, 3.63) is 0 Å². The Bertz CT molecular complexity index is 91.3. The summed E-state index contributed by atoms with van der Waals surface area (Å²) in [4.78, 5) is 0. The fourth-order valence-corrected chi connectivity index (χ4v) is 0.827. The SMILES string of the molecule is CCC(C)(F)CC(C)OC. The third kappa shape index (κ3) is 3.83. The van der Waals surface area contributed by atoms with E-state index in [0.717, 1.165) is 0 Å². The quantitative estimate of drug-likeness (QED) is 0.595. The van der Waals surface area contributed by atoms with E-state index in [1.54, 1.807) is 14.0 Å². The van der Waals surface area contributed by atoms with Crippen molar-refractivity contribution in [2.45, 2.75) is 45.4 Å². The smallest absolute Gasteiger partial charge is 0.110 e. The minimum atomic E-state index is -1.06. The molecule has 0 fully saturated rings. The summed E-state index contributed by atoms with van der Waals surface area (Å²) in [6, 6.07) is 0. The second-order valence-corrected chi connectivity index (χ2v) is 3.02. The van der Waals surface area contributed by atoms with E-state index < -0.39 is 5.67 Å². The Morgan fingerprint density at radius 3 is 2.40 bits per heavy atom. The highest BCUT2D eigenvalue weighted by molar-refractivity contribution is 4.73. The predicted molar refractivity (Wildman–Crippen MR) is 40.9 cm³/mol. The number of ether oxygens (including phenoxy) is 1. The zero-order valence-electron chi connectivity index (χ0n) is 7.28. The fourth-order valence-electron chi connectivity index (χ4n) is 0.827. The molecule has 0 aliphatic heterocycles. The minimum Gasteiger partial charge on any atom is -0.382 e. The molecule has 0 saturated carbocycles. The van der Waals surface area contributed by atoms with E-state index in [0.29, 0.717) is 12.8 Å². The van der Waals surface area contributed by atoms with Crippen LogP contribution in [0.4, 0.5) is 4.39 Å². The molecule has 0 aromatic carbocycles. The zero-order chi connectivity index (χ0) is 8.20. The van der Waals surface area contributed by atoms with Crippen molar-refractivity contribution in [1.29, 1.82) is 0 Å². The lowest BCUT2D eigenvalue weighted by molar-refractivity contribution is 0.0477. The van der Waals surface area contributed by atoms with Gasteiger partial charge in [-0.15, -0.1) is 0 Å². The fraction of sp³-hybridized carbons (Fsp3) is 1.00. The Morgan fingerprint density at radius 1 is 1.60 bits per heavy atom. The molecule has 0 amide bonds. The standard InChI is InChI=1S/C8H17FO/c1-5-8(3,9)6-7(2)10-4/h7H,5-6H2,1-4H3. The molecule has 0 spiro atoms. The van der Waals surface area contributed by atoms with Crippen LogP contribution in [0.1, 0.15) is 33.6 Å². The van der Waals surface area contributed by atoms with Crippen molar-refractivity contribution in [2.24, 2.45) is 0 Å². The van der Waals surface area contributed by atoms with Crippen LogP contribution in [0, 0.1) is 0 Å². The van der Waals surface area contributed by atoms with Gasteiger partial charge in [0, 0.05) is 13.5 Å². The molecule has 0 radical (unpaired) electrons. The molecule has 0 N–H and O–H groups in total. The van der Waals surface area contributed by atoms with Crippen LogP contribution in [-0.2, 0) is 4.74 Å². The molecule has 0 heterocycles. The summed E-state index contributed by atoms with van der Waals surface area (Å²) in [5.74, 6) is 0. The van der Waals surface area contributed by atoms with Crippen molar-refractivity contribution in [1.82, 2.24) is 0 Å². The van der Waals surface area contributed by atoms with Gasteiger partial charge in [0.05, 0.1) is 6.10 Å². The maximum Gasteiger partial charge on any atom is 0.110 e. The van der Waals surface area contributed by atoms with Crippen molar-refractivity contribution in [3.63, 3.8) is 0 Å². The van der Waals surface area contributed by atoms with Crippen LogP contribution < -0.4 is 0 Å². The number of hydrogen-bond acceptors (Lipinski definition) is 1. The van der Waals surface area contributed by atoms with Crippen LogP contribution in [0.3, 0.4) is 0 Å². The Kier molecular flexibility index (Phi) is 3.87. The summed E-state index contributed by atoms with van der Waals surface area (Å²) in [6.07, 6.45) is 1.07. The zero-order valence-corrected chi connectivity index (χ0v) is 7.28. The molecular weight excluding hydrogens is 131 g/mol.